The molecule has 7 nitrogen and oxygen atoms in total. The summed E-state index contributed by atoms with van der Waals surface area (Å²) >= 11 is 0. The molecule has 0 aliphatic heterocycles. The maximum absolute atomic E-state index is 5.53. The first-order valence-electron chi connectivity index (χ1n) is 8.34. The van der Waals surface area contributed by atoms with Crippen LogP contribution in [0.1, 0.15) is 24.2 Å². The Morgan fingerprint density at radius 1 is 1.19 bits per heavy atom. The molecule has 1 aromatic carbocycles. The highest BCUT2D eigenvalue weighted by Gasteiger charge is 2.18. The third-order valence-corrected chi connectivity index (χ3v) is 4.51. The van der Waals surface area contributed by atoms with Crippen LogP contribution in [0.3, 0.4) is 0 Å². The van der Waals surface area contributed by atoms with Gasteiger partial charge in [-0.2, -0.15) is 5.10 Å². The van der Waals surface area contributed by atoms with E-state index in [1.54, 1.807) is 26.7 Å². The number of ether oxygens (including phenoxy) is 2. The summed E-state index contributed by atoms with van der Waals surface area (Å²) in [5, 5.41) is 7.33. The fourth-order valence-corrected chi connectivity index (χ4v) is 2.85. The van der Waals surface area contributed by atoms with Gasteiger partial charge in [-0.15, -0.1) is 0 Å². The summed E-state index contributed by atoms with van der Waals surface area (Å²) in [6.07, 6.45) is 5.19. The molecule has 0 aliphatic carbocycles. The number of rotatable bonds is 7. The van der Waals surface area contributed by atoms with Gasteiger partial charge in [-0.1, -0.05) is 0 Å². The number of hydrogen-bond donors (Lipinski definition) is 1. The van der Waals surface area contributed by atoms with Gasteiger partial charge < -0.3 is 9.47 Å². The van der Waals surface area contributed by atoms with E-state index in [9.17, 15) is 0 Å². The summed E-state index contributed by atoms with van der Waals surface area (Å²) in [5.41, 5.74) is 3.95. The van der Waals surface area contributed by atoms with E-state index < -0.39 is 0 Å². The molecule has 1 atom stereocenters. The first kappa shape index (κ1) is 17.9. The lowest BCUT2D eigenvalue weighted by molar-refractivity contribution is 0.249. The van der Waals surface area contributed by atoms with E-state index in [0.717, 1.165) is 34.0 Å². The van der Waals surface area contributed by atoms with Gasteiger partial charge in [0.25, 0.3) is 0 Å². The molecule has 0 saturated heterocycles. The van der Waals surface area contributed by atoms with E-state index in [-0.39, 0.29) is 6.04 Å². The van der Waals surface area contributed by atoms with Crippen LogP contribution >= 0.6 is 0 Å². The Kier molecular flexibility index (Phi) is 5.48. The number of benzene rings is 1. The number of methoxy groups -OCH3 is 2. The van der Waals surface area contributed by atoms with E-state index in [4.69, 9.17) is 9.47 Å². The molecule has 136 valence electrons. The van der Waals surface area contributed by atoms with Crippen molar-refractivity contribution in [1.29, 1.82) is 0 Å². The van der Waals surface area contributed by atoms with Gasteiger partial charge in [0, 0.05) is 36.0 Å². The highest BCUT2D eigenvalue weighted by molar-refractivity contribution is 5.71. The Morgan fingerprint density at radius 2 is 2.04 bits per heavy atom. The van der Waals surface area contributed by atoms with Crippen molar-refractivity contribution in [3.05, 3.63) is 54.2 Å². The van der Waals surface area contributed by atoms with Crippen molar-refractivity contribution >= 4 is 0 Å². The van der Waals surface area contributed by atoms with Crippen LogP contribution in [0, 0.1) is 0 Å². The molecule has 0 fully saturated rings. The molecule has 0 amide bonds. The van der Waals surface area contributed by atoms with E-state index >= 15 is 0 Å². The molecule has 7 heteroatoms. The second-order valence-corrected chi connectivity index (χ2v) is 6.06. The van der Waals surface area contributed by atoms with Gasteiger partial charge in [-0.25, -0.2) is 9.97 Å². The molecule has 2 aromatic heterocycles. The monoisotopic (exact) mass is 353 g/mol. The van der Waals surface area contributed by atoms with E-state index in [0.29, 0.717) is 6.54 Å². The van der Waals surface area contributed by atoms with Crippen LogP contribution < -0.4 is 9.47 Å². The molecule has 0 bridgehead atoms. The molecule has 2 heterocycles. The lowest BCUT2D eigenvalue weighted by Gasteiger charge is -2.24. The minimum absolute atomic E-state index is 0.151. The molecule has 1 unspecified atom stereocenters. The number of hydrogen-bond acceptors (Lipinski definition) is 6. The van der Waals surface area contributed by atoms with Crippen molar-refractivity contribution in [1.82, 2.24) is 25.1 Å². The van der Waals surface area contributed by atoms with Crippen LogP contribution in [-0.4, -0.2) is 46.3 Å². The Labute approximate surface area is 153 Å². The van der Waals surface area contributed by atoms with Crippen LogP contribution in [0.4, 0.5) is 0 Å². The predicted octanol–water partition coefficient (Wildman–Crippen LogP) is 3.08. The topological polar surface area (TPSA) is 76.2 Å². The molecule has 26 heavy (non-hydrogen) atoms. The van der Waals surface area contributed by atoms with Crippen molar-refractivity contribution in [2.24, 2.45) is 0 Å². The van der Waals surface area contributed by atoms with Crippen molar-refractivity contribution in [2.45, 2.75) is 19.5 Å². The molecule has 0 spiro atoms. The van der Waals surface area contributed by atoms with Crippen molar-refractivity contribution < 1.29 is 9.47 Å². The zero-order valence-electron chi connectivity index (χ0n) is 15.4. The number of nitrogens with zero attached hydrogens (tertiary/aromatic N) is 4. The van der Waals surface area contributed by atoms with Gasteiger partial charge in [0.1, 0.15) is 17.8 Å². The average molecular weight is 353 g/mol. The predicted molar refractivity (Wildman–Crippen MR) is 99.0 cm³/mol. The van der Waals surface area contributed by atoms with Crippen molar-refractivity contribution in [3.8, 4) is 22.8 Å². The number of H-pyrrole nitrogens is 1. The third kappa shape index (κ3) is 3.67. The Morgan fingerprint density at radius 3 is 2.73 bits per heavy atom. The molecule has 0 radical (unpaired) electrons. The lowest BCUT2D eigenvalue weighted by Crippen LogP contribution is -2.22. The third-order valence-electron chi connectivity index (χ3n) is 4.51. The SMILES string of the molecule is COc1ccc(-c2[nH]ncc2CN(C)C(C)c2ccncn2)c(OC)c1. The summed E-state index contributed by atoms with van der Waals surface area (Å²) in [6, 6.07) is 7.84. The molecular weight excluding hydrogens is 330 g/mol. The molecule has 3 aromatic rings. The van der Waals surface area contributed by atoms with E-state index in [1.807, 2.05) is 30.5 Å². The van der Waals surface area contributed by atoms with Crippen molar-refractivity contribution in [2.75, 3.05) is 21.3 Å². The largest absolute Gasteiger partial charge is 0.497 e. The molecule has 0 aliphatic rings. The number of aromatic nitrogens is 4. The molecule has 1 N–H and O–H groups in total. The minimum Gasteiger partial charge on any atom is -0.497 e. The highest BCUT2D eigenvalue weighted by atomic mass is 16.5. The van der Waals surface area contributed by atoms with Gasteiger partial charge in [0.05, 0.1) is 31.8 Å². The summed E-state index contributed by atoms with van der Waals surface area (Å²) < 4.78 is 10.8. The summed E-state index contributed by atoms with van der Waals surface area (Å²) in [4.78, 5) is 10.5. The normalized spacial score (nSPS) is 12.2. The smallest absolute Gasteiger partial charge is 0.131 e. The Balaban J connectivity index is 1.85. The standard InChI is InChI=1S/C19H23N5O2/c1-13(17-7-8-20-12-21-17)24(2)11-14-10-22-23-19(14)16-6-5-15(25-3)9-18(16)26-4/h5-10,12-13H,11H2,1-4H3,(H,22,23). The average Bonchev–Trinajstić information content (AvgIpc) is 3.15. The van der Waals surface area contributed by atoms with Gasteiger partial charge in [0.15, 0.2) is 0 Å². The number of aromatic amines is 1. The first-order chi connectivity index (χ1) is 12.6. The van der Waals surface area contributed by atoms with E-state index in [1.165, 1.54) is 0 Å². The molecule has 3 rings (SSSR count). The van der Waals surface area contributed by atoms with Gasteiger partial charge in [-0.05, 0) is 32.2 Å². The fourth-order valence-electron chi connectivity index (χ4n) is 2.85. The lowest BCUT2D eigenvalue weighted by atomic mass is 10.1. The minimum atomic E-state index is 0.151. The van der Waals surface area contributed by atoms with Gasteiger partial charge in [0.2, 0.25) is 0 Å². The highest BCUT2D eigenvalue weighted by Crippen LogP contribution is 2.34. The van der Waals surface area contributed by atoms with Crippen LogP contribution in [0.5, 0.6) is 11.5 Å². The maximum atomic E-state index is 5.53. The Bertz CT molecular complexity index is 850. The van der Waals surface area contributed by atoms with Crippen LogP contribution in [-0.2, 0) is 6.54 Å². The summed E-state index contributed by atoms with van der Waals surface area (Å²) in [5.74, 6) is 1.49. The van der Waals surface area contributed by atoms with Crippen LogP contribution in [0.2, 0.25) is 0 Å². The van der Waals surface area contributed by atoms with Gasteiger partial charge in [-0.3, -0.25) is 10.00 Å². The maximum Gasteiger partial charge on any atom is 0.131 e. The van der Waals surface area contributed by atoms with E-state index in [2.05, 4.69) is 39.0 Å². The fraction of sp³-hybridized carbons (Fsp3) is 0.316. The first-order valence-corrected chi connectivity index (χ1v) is 8.34. The van der Waals surface area contributed by atoms with Crippen LogP contribution in [0.15, 0.2) is 43.0 Å². The van der Waals surface area contributed by atoms with Gasteiger partial charge >= 0.3 is 0 Å². The second-order valence-electron chi connectivity index (χ2n) is 6.06. The van der Waals surface area contributed by atoms with Crippen molar-refractivity contribution in [3.63, 3.8) is 0 Å². The zero-order chi connectivity index (χ0) is 18.5. The number of nitrogens with one attached hydrogen (secondary N) is 1. The quantitative estimate of drug-likeness (QED) is 0.703. The second kappa shape index (κ2) is 7.97. The van der Waals surface area contributed by atoms with Crippen LogP contribution in [0.25, 0.3) is 11.3 Å². The summed E-state index contributed by atoms with van der Waals surface area (Å²) in [7, 11) is 5.35. The molecular formula is C19H23N5O2. The zero-order valence-corrected chi connectivity index (χ0v) is 15.4. The Hall–Kier alpha value is -2.93. The summed E-state index contributed by atoms with van der Waals surface area (Å²) in [6.45, 7) is 2.84. The molecule has 0 saturated carbocycles.